The van der Waals surface area contributed by atoms with Crippen LogP contribution in [0.3, 0.4) is 0 Å². The molecule has 100 valence electrons. The molecule has 0 aliphatic carbocycles. The number of hydrogen-bond acceptors (Lipinski definition) is 6. The van der Waals surface area contributed by atoms with Crippen molar-refractivity contribution < 1.29 is 4.79 Å². The summed E-state index contributed by atoms with van der Waals surface area (Å²) < 4.78 is 0. The number of nitrogens with two attached hydrogens (primary N) is 1. The SMILES string of the molecule is CN(Cc1ncn[nH]1)C(=O)c1cc(Cl)nc(NN)c1. The van der Waals surface area contributed by atoms with Crippen molar-refractivity contribution in [3.05, 3.63) is 35.0 Å². The van der Waals surface area contributed by atoms with Crippen LogP contribution < -0.4 is 11.3 Å². The molecule has 8 nitrogen and oxygen atoms in total. The number of anilines is 1. The molecule has 0 bridgehead atoms. The zero-order valence-corrected chi connectivity index (χ0v) is 10.8. The van der Waals surface area contributed by atoms with E-state index in [4.69, 9.17) is 17.4 Å². The maximum Gasteiger partial charge on any atom is 0.254 e. The summed E-state index contributed by atoms with van der Waals surface area (Å²) >= 11 is 5.81. The molecule has 2 rings (SSSR count). The Labute approximate surface area is 114 Å². The summed E-state index contributed by atoms with van der Waals surface area (Å²) in [5.41, 5.74) is 2.74. The molecule has 2 aromatic rings. The summed E-state index contributed by atoms with van der Waals surface area (Å²) in [6.07, 6.45) is 1.38. The topological polar surface area (TPSA) is 113 Å². The van der Waals surface area contributed by atoms with E-state index in [9.17, 15) is 4.79 Å². The van der Waals surface area contributed by atoms with Gasteiger partial charge >= 0.3 is 0 Å². The van der Waals surface area contributed by atoms with Crippen LogP contribution in [-0.4, -0.2) is 38.0 Å². The molecular weight excluding hydrogens is 270 g/mol. The normalized spacial score (nSPS) is 10.3. The van der Waals surface area contributed by atoms with Crippen molar-refractivity contribution in [2.24, 2.45) is 5.84 Å². The molecular formula is C10H12ClN7O. The highest BCUT2D eigenvalue weighted by atomic mass is 35.5. The first-order chi connectivity index (χ1) is 9.10. The summed E-state index contributed by atoms with van der Waals surface area (Å²) in [5, 5.41) is 6.59. The van der Waals surface area contributed by atoms with Crippen LogP contribution in [0.15, 0.2) is 18.5 Å². The largest absolute Gasteiger partial charge is 0.334 e. The summed E-state index contributed by atoms with van der Waals surface area (Å²) in [4.78, 5) is 21.5. The fraction of sp³-hybridized carbons (Fsp3) is 0.200. The van der Waals surface area contributed by atoms with Gasteiger partial charge in [0.2, 0.25) is 0 Å². The van der Waals surface area contributed by atoms with Crippen molar-refractivity contribution in [3.8, 4) is 0 Å². The van der Waals surface area contributed by atoms with Gasteiger partial charge in [-0.1, -0.05) is 11.6 Å². The fourth-order valence-electron chi connectivity index (χ4n) is 1.52. The van der Waals surface area contributed by atoms with E-state index in [0.717, 1.165) is 0 Å². The standard InChI is InChI=1S/C10H12ClN7O/c1-18(4-9-13-5-14-17-9)10(19)6-2-7(11)15-8(3-6)16-12/h2-3,5H,4,12H2,1H3,(H,15,16)(H,13,14,17). The number of halogens is 1. The number of carbonyl (C=O) groups is 1. The second-order valence-electron chi connectivity index (χ2n) is 3.80. The molecule has 0 spiro atoms. The predicted octanol–water partition coefficient (Wildman–Crippen LogP) is 0.411. The molecule has 0 radical (unpaired) electrons. The predicted molar refractivity (Wildman–Crippen MR) is 69.2 cm³/mol. The number of carbonyl (C=O) groups excluding carboxylic acids is 1. The minimum absolute atomic E-state index is 0.187. The van der Waals surface area contributed by atoms with E-state index in [1.165, 1.54) is 23.4 Å². The third-order valence-electron chi connectivity index (χ3n) is 2.39. The van der Waals surface area contributed by atoms with Crippen LogP contribution in [0.25, 0.3) is 0 Å². The number of hydrogen-bond donors (Lipinski definition) is 3. The van der Waals surface area contributed by atoms with E-state index in [2.05, 4.69) is 25.6 Å². The van der Waals surface area contributed by atoms with Gasteiger partial charge in [0.1, 0.15) is 23.1 Å². The Bertz CT molecular complexity index is 571. The third kappa shape index (κ3) is 3.18. The number of rotatable bonds is 4. The first-order valence-electron chi connectivity index (χ1n) is 5.34. The maximum absolute atomic E-state index is 12.2. The lowest BCUT2D eigenvalue weighted by atomic mass is 10.2. The molecule has 2 heterocycles. The number of nitrogen functional groups attached to an aromatic ring is 1. The van der Waals surface area contributed by atoms with Crippen molar-refractivity contribution in [2.45, 2.75) is 6.54 Å². The summed E-state index contributed by atoms with van der Waals surface area (Å²) in [5.74, 6) is 5.94. The second-order valence-corrected chi connectivity index (χ2v) is 4.19. The van der Waals surface area contributed by atoms with E-state index in [1.54, 1.807) is 7.05 Å². The fourth-order valence-corrected chi connectivity index (χ4v) is 1.73. The minimum Gasteiger partial charge on any atom is -0.334 e. The minimum atomic E-state index is -0.225. The Hall–Kier alpha value is -2.19. The van der Waals surface area contributed by atoms with E-state index >= 15 is 0 Å². The lowest BCUT2D eigenvalue weighted by Gasteiger charge is -2.16. The highest BCUT2D eigenvalue weighted by molar-refractivity contribution is 6.29. The third-order valence-corrected chi connectivity index (χ3v) is 2.58. The Morgan fingerprint density at radius 2 is 2.37 bits per heavy atom. The van der Waals surface area contributed by atoms with Crippen LogP contribution in [0.4, 0.5) is 5.82 Å². The number of H-pyrrole nitrogens is 1. The molecule has 0 aliphatic heterocycles. The second kappa shape index (κ2) is 5.63. The van der Waals surface area contributed by atoms with Crippen LogP contribution in [0.2, 0.25) is 5.15 Å². The maximum atomic E-state index is 12.2. The highest BCUT2D eigenvalue weighted by Crippen LogP contribution is 2.15. The zero-order chi connectivity index (χ0) is 13.8. The van der Waals surface area contributed by atoms with E-state index in [1.807, 2.05) is 0 Å². The van der Waals surface area contributed by atoms with Gasteiger partial charge in [0, 0.05) is 12.6 Å². The van der Waals surface area contributed by atoms with Crippen LogP contribution in [0.1, 0.15) is 16.2 Å². The number of aromatic nitrogens is 4. The van der Waals surface area contributed by atoms with Gasteiger partial charge in [0.15, 0.2) is 0 Å². The molecule has 0 atom stereocenters. The van der Waals surface area contributed by atoms with Gasteiger partial charge in [0.25, 0.3) is 5.91 Å². The van der Waals surface area contributed by atoms with Crippen LogP contribution in [0, 0.1) is 0 Å². The van der Waals surface area contributed by atoms with Gasteiger partial charge < -0.3 is 10.3 Å². The molecule has 1 amide bonds. The van der Waals surface area contributed by atoms with Crippen molar-refractivity contribution in [2.75, 3.05) is 12.5 Å². The van der Waals surface area contributed by atoms with Gasteiger partial charge in [-0.05, 0) is 12.1 Å². The number of nitrogens with zero attached hydrogens (tertiary/aromatic N) is 4. The molecule has 9 heteroatoms. The highest BCUT2D eigenvalue weighted by Gasteiger charge is 2.15. The zero-order valence-electron chi connectivity index (χ0n) is 10.1. The van der Waals surface area contributed by atoms with Gasteiger partial charge in [0.05, 0.1) is 6.54 Å². The lowest BCUT2D eigenvalue weighted by Crippen LogP contribution is -2.27. The Morgan fingerprint density at radius 3 is 3.00 bits per heavy atom. The lowest BCUT2D eigenvalue weighted by molar-refractivity contribution is 0.0781. The van der Waals surface area contributed by atoms with Crippen LogP contribution in [0.5, 0.6) is 0 Å². The van der Waals surface area contributed by atoms with Gasteiger partial charge in [-0.15, -0.1) is 0 Å². The molecule has 0 saturated carbocycles. The van der Waals surface area contributed by atoms with Crippen LogP contribution in [-0.2, 0) is 6.54 Å². The summed E-state index contributed by atoms with van der Waals surface area (Å²) in [7, 11) is 1.65. The quantitative estimate of drug-likeness (QED) is 0.425. The Kier molecular flexibility index (Phi) is 3.93. The Balaban J connectivity index is 2.16. The van der Waals surface area contributed by atoms with Crippen molar-refractivity contribution in [3.63, 3.8) is 0 Å². The van der Waals surface area contributed by atoms with Crippen molar-refractivity contribution in [1.29, 1.82) is 0 Å². The van der Waals surface area contributed by atoms with E-state index in [0.29, 0.717) is 23.8 Å². The number of amides is 1. The summed E-state index contributed by atoms with van der Waals surface area (Å²) in [6.45, 7) is 0.310. The van der Waals surface area contributed by atoms with Crippen LogP contribution >= 0.6 is 11.6 Å². The van der Waals surface area contributed by atoms with Crippen molar-refractivity contribution in [1.82, 2.24) is 25.1 Å². The molecule has 0 unspecified atom stereocenters. The number of pyridine rings is 1. The molecule has 4 N–H and O–H groups in total. The monoisotopic (exact) mass is 281 g/mol. The Morgan fingerprint density at radius 1 is 1.58 bits per heavy atom. The molecule has 0 saturated heterocycles. The van der Waals surface area contributed by atoms with Gasteiger partial charge in [-0.3, -0.25) is 9.89 Å². The average molecular weight is 282 g/mol. The average Bonchev–Trinajstić information content (AvgIpc) is 2.89. The number of aromatic amines is 1. The van der Waals surface area contributed by atoms with Gasteiger partial charge in [-0.2, -0.15) is 5.10 Å². The molecule has 2 aromatic heterocycles. The molecule has 19 heavy (non-hydrogen) atoms. The molecule has 0 fully saturated rings. The smallest absolute Gasteiger partial charge is 0.254 e. The number of nitrogens with one attached hydrogen (secondary N) is 2. The first kappa shape index (κ1) is 13.2. The number of hydrazine groups is 1. The molecule has 0 aliphatic rings. The van der Waals surface area contributed by atoms with E-state index in [-0.39, 0.29) is 11.1 Å². The van der Waals surface area contributed by atoms with Gasteiger partial charge in [-0.25, -0.2) is 15.8 Å². The van der Waals surface area contributed by atoms with E-state index < -0.39 is 0 Å². The van der Waals surface area contributed by atoms with Crippen molar-refractivity contribution >= 4 is 23.3 Å². The summed E-state index contributed by atoms with van der Waals surface area (Å²) in [6, 6.07) is 2.99. The molecule has 0 aromatic carbocycles. The first-order valence-corrected chi connectivity index (χ1v) is 5.72.